The van der Waals surface area contributed by atoms with Gasteiger partial charge in [-0.05, 0) is 23.1 Å². The number of benzene rings is 2. The maximum absolute atomic E-state index is 10.6. The van der Waals surface area contributed by atoms with Crippen molar-refractivity contribution in [3.63, 3.8) is 0 Å². The lowest BCUT2D eigenvalue weighted by molar-refractivity contribution is 0.445. The zero-order valence-corrected chi connectivity index (χ0v) is 13.6. The average molecular weight is 283 g/mol. The lowest BCUT2D eigenvalue weighted by Crippen LogP contribution is -2.25. The second-order valence-electron chi connectivity index (χ2n) is 7.49. The molecule has 1 fully saturated rings. The summed E-state index contributed by atoms with van der Waals surface area (Å²) in [6, 6.07) is 12.7. The van der Waals surface area contributed by atoms with Crippen molar-refractivity contribution in [2.45, 2.75) is 46.7 Å². The molecule has 0 radical (unpaired) electrons. The molecule has 1 unspecified atom stereocenters. The van der Waals surface area contributed by atoms with Gasteiger partial charge in [0.2, 0.25) is 0 Å². The fourth-order valence-corrected chi connectivity index (χ4v) is 3.57. The van der Waals surface area contributed by atoms with Crippen molar-refractivity contribution in [2.24, 2.45) is 10.8 Å². The van der Waals surface area contributed by atoms with Crippen molar-refractivity contribution < 1.29 is 5.11 Å². The topological polar surface area (TPSA) is 32.3 Å². The molecule has 2 heteroatoms. The van der Waals surface area contributed by atoms with Gasteiger partial charge in [0.15, 0.2) is 0 Å². The van der Waals surface area contributed by atoms with E-state index >= 15 is 0 Å². The van der Waals surface area contributed by atoms with Gasteiger partial charge in [-0.3, -0.25) is 0 Å². The first-order valence-corrected chi connectivity index (χ1v) is 7.73. The molecular weight excluding hydrogens is 258 g/mol. The van der Waals surface area contributed by atoms with E-state index in [1.807, 2.05) is 30.3 Å². The normalized spacial score (nSPS) is 21.4. The lowest BCUT2D eigenvalue weighted by atomic mass is 10.0. The minimum Gasteiger partial charge on any atom is -0.507 e. The molecule has 0 aromatic heterocycles. The Kier molecular flexibility index (Phi) is 3.07. The van der Waals surface area contributed by atoms with Gasteiger partial charge in [-0.2, -0.15) is 0 Å². The number of hydrogen-bond donors (Lipinski definition) is 2. The summed E-state index contributed by atoms with van der Waals surface area (Å²) in [6.45, 7) is 11.3. The molecule has 2 N–H and O–H groups in total. The lowest BCUT2D eigenvalue weighted by Gasteiger charge is -2.18. The molecule has 1 atom stereocenters. The highest BCUT2D eigenvalue weighted by Gasteiger charge is 2.64. The molecule has 112 valence electrons. The molecule has 2 nitrogen and oxygen atoms in total. The minimum atomic E-state index is 0.139. The zero-order valence-electron chi connectivity index (χ0n) is 13.6. The fraction of sp³-hybridized carbons (Fsp3) is 0.474. The average Bonchev–Trinajstić information content (AvgIpc) is 2.82. The highest BCUT2D eigenvalue weighted by molar-refractivity contribution is 5.89. The number of fused-ring (bicyclic) bond motifs is 1. The van der Waals surface area contributed by atoms with Crippen LogP contribution in [0.3, 0.4) is 0 Å². The van der Waals surface area contributed by atoms with E-state index in [0.717, 1.165) is 16.3 Å². The summed E-state index contributed by atoms with van der Waals surface area (Å²) < 4.78 is 0. The Morgan fingerprint density at radius 2 is 1.62 bits per heavy atom. The minimum absolute atomic E-state index is 0.139. The van der Waals surface area contributed by atoms with Gasteiger partial charge in [-0.25, -0.2) is 0 Å². The van der Waals surface area contributed by atoms with Crippen LogP contribution in [-0.4, -0.2) is 11.1 Å². The van der Waals surface area contributed by atoms with Crippen LogP contribution < -0.4 is 5.32 Å². The van der Waals surface area contributed by atoms with Gasteiger partial charge in [0.05, 0.1) is 0 Å². The van der Waals surface area contributed by atoms with Gasteiger partial charge in [0, 0.05) is 23.0 Å². The first-order chi connectivity index (χ1) is 9.76. The van der Waals surface area contributed by atoms with E-state index in [1.54, 1.807) is 0 Å². The zero-order chi connectivity index (χ0) is 15.4. The van der Waals surface area contributed by atoms with Gasteiger partial charge in [0.25, 0.3) is 0 Å². The highest BCUT2D eigenvalue weighted by Crippen LogP contribution is 2.63. The molecule has 1 saturated carbocycles. The smallest absolute Gasteiger partial charge is 0.128 e. The third-order valence-electron chi connectivity index (χ3n) is 5.84. The third kappa shape index (κ3) is 2.04. The van der Waals surface area contributed by atoms with E-state index in [4.69, 9.17) is 0 Å². The summed E-state index contributed by atoms with van der Waals surface area (Å²) in [5.41, 5.74) is 1.58. The monoisotopic (exact) mass is 283 g/mol. The maximum atomic E-state index is 10.6. The summed E-state index contributed by atoms with van der Waals surface area (Å²) in [7, 11) is 0. The van der Waals surface area contributed by atoms with Gasteiger partial charge in [-0.15, -0.1) is 0 Å². The van der Waals surface area contributed by atoms with Crippen LogP contribution in [-0.2, 0) is 0 Å². The molecule has 3 rings (SSSR count). The molecule has 0 bridgehead atoms. The molecule has 2 aromatic carbocycles. The van der Waals surface area contributed by atoms with Crippen LogP contribution in [0.25, 0.3) is 10.8 Å². The van der Waals surface area contributed by atoms with Crippen molar-refractivity contribution in [3.8, 4) is 5.75 Å². The predicted molar refractivity (Wildman–Crippen MR) is 88.5 cm³/mol. The van der Waals surface area contributed by atoms with E-state index in [-0.39, 0.29) is 6.04 Å². The number of rotatable bonds is 3. The molecule has 0 saturated heterocycles. The number of phenolic OH excluding ortho intramolecular Hbond substituents is 1. The highest BCUT2D eigenvalue weighted by atomic mass is 16.3. The Morgan fingerprint density at radius 3 is 2.24 bits per heavy atom. The fourth-order valence-electron chi connectivity index (χ4n) is 3.57. The Labute approximate surface area is 127 Å². The standard InChI is InChI=1S/C19H25NO/c1-12(20-17-18(2,3)19(17,4)5)14-11-10-13-8-6-7-9-15(13)16(14)21/h6-12,17,20-21H,1-5H3. The van der Waals surface area contributed by atoms with Gasteiger partial charge < -0.3 is 10.4 Å². The van der Waals surface area contributed by atoms with Crippen molar-refractivity contribution in [2.75, 3.05) is 0 Å². The van der Waals surface area contributed by atoms with Crippen LogP contribution in [0.15, 0.2) is 36.4 Å². The molecule has 0 spiro atoms. The van der Waals surface area contributed by atoms with Crippen LogP contribution in [0.4, 0.5) is 0 Å². The summed E-state index contributed by atoms with van der Waals surface area (Å²) >= 11 is 0. The van der Waals surface area contributed by atoms with Gasteiger partial charge >= 0.3 is 0 Å². The van der Waals surface area contributed by atoms with E-state index in [0.29, 0.717) is 22.6 Å². The summed E-state index contributed by atoms with van der Waals surface area (Å²) in [4.78, 5) is 0. The number of aromatic hydroxyl groups is 1. The second kappa shape index (κ2) is 4.48. The molecule has 0 aliphatic heterocycles. The van der Waals surface area contributed by atoms with Gasteiger partial charge in [0.1, 0.15) is 5.75 Å². The molecule has 1 aliphatic rings. The summed E-state index contributed by atoms with van der Waals surface area (Å²) in [6.07, 6.45) is 0. The van der Waals surface area contributed by atoms with E-state index in [2.05, 4.69) is 46.0 Å². The van der Waals surface area contributed by atoms with E-state index < -0.39 is 0 Å². The number of phenols is 1. The van der Waals surface area contributed by atoms with Crippen LogP contribution >= 0.6 is 0 Å². The Balaban J connectivity index is 1.89. The second-order valence-corrected chi connectivity index (χ2v) is 7.49. The first-order valence-electron chi connectivity index (χ1n) is 7.73. The van der Waals surface area contributed by atoms with Crippen molar-refractivity contribution in [1.29, 1.82) is 0 Å². The van der Waals surface area contributed by atoms with Crippen LogP contribution in [0.5, 0.6) is 5.75 Å². The Bertz CT molecular complexity index is 673. The van der Waals surface area contributed by atoms with Crippen LogP contribution in [0.2, 0.25) is 0 Å². The van der Waals surface area contributed by atoms with E-state index in [9.17, 15) is 5.11 Å². The molecule has 0 amide bonds. The third-order valence-corrected chi connectivity index (χ3v) is 5.84. The SMILES string of the molecule is CC(NC1C(C)(C)C1(C)C)c1ccc2ccccc2c1O. The Hall–Kier alpha value is -1.54. The predicted octanol–water partition coefficient (Wildman–Crippen LogP) is 4.63. The molecule has 21 heavy (non-hydrogen) atoms. The largest absolute Gasteiger partial charge is 0.507 e. The number of hydrogen-bond acceptors (Lipinski definition) is 2. The summed E-state index contributed by atoms with van der Waals surface area (Å²) in [5.74, 6) is 0.407. The Morgan fingerprint density at radius 1 is 1.00 bits per heavy atom. The quantitative estimate of drug-likeness (QED) is 0.860. The summed E-state index contributed by atoms with van der Waals surface area (Å²) in [5, 5.41) is 16.3. The molecular formula is C19H25NO. The van der Waals surface area contributed by atoms with E-state index in [1.165, 1.54) is 0 Å². The molecule has 1 aliphatic carbocycles. The van der Waals surface area contributed by atoms with Crippen LogP contribution in [0, 0.1) is 10.8 Å². The van der Waals surface area contributed by atoms with Crippen molar-refractivity contribution in [3.05, 3.63) is 42.0 Å². The van der Waals surface area contributed by atoms with Crippen molar-refractivity contribution in [1.82, 2.24) is 5.32 Å². The van der Waals surface area contributed by atoms with Crippen molar-refractivity contribution >= 4 is 10.8 Å². The molecule has 2 aromatic rings. The maximum Gasteiger partial charge on any atom is 0.128 e. The van der Waals surface area contributed by atoms with Crippen LogP contribution in [0.1, 0.15) is 46.2 Å². The molecule has 0 heterocycles. The first kappa shape index (κ1) is 14.4. The van der Waals surface area contributed by atoms with Gasteiger partial charge in [-0.1, -0.05) is 64.1 Å². The number of nitrogens with one attached hydrogen (secondary N) is 1.